The highest BCUT2D eigenvalue weighted by atomic mass is 32.2. The fourth-order valence-electron chi connectivity index (χ4n) is 2.59. The zero-order chi connectivity index (χ0) is 14.7. The monoisotopic (exact) mass is 305 g/mol. The molecule has 1 N–H and O–H groups in total. The van der Waals surface area contributed by atoms with Crippen molar-refractivity contribution < 1.29 is 9.26 Å². The number of hydrogen-bond donors (Lipinski definition) is 1. The maximum absolute atomic E-state index is 5.51. The number of nitrogens with one attached hydrogen (secondary N) is 1. The Hall–Kier alpha value is -1.53. The average Bonchev–Trinajstić information content (AvgIpc) is 3.16. The minimum atomic E-state index is 0.283. The molecule has 1 aliphatic rings. The number of aromatic nitrogens is 2. The third-order valence-corrected chi connectivity index (χ3v) is 4.84. The van der Waals surface area contributed by atoms with Crippen LogP contribution >= 0.6 is 11.8 Å². The van der Waals surface area contributed by atoms with E-state index in [1.54, 1.807) is 7.11 Å². The van der Waals surface area contributed by atoms with Crippen molar-refractivity contribution in [2.24, 2.45) is 0 Å². The summed E-state index contributed by atoms with van der Waals surface area (Å²) in [4.78, 5) is 4.59. The van der Waals surface area contributed by atoms with Gasteiger partial charge in [0.25, 0.3) is 0 Å². The second-order valence-electron chi connectivity index (χ2n) is 4.96. The van der Waals surface area contributed by atoms with Gasteiger partial charge in [0.1, 0.15) is 5.75 Å². The van der Waals surface area contributed by atoms with Crippen molar-refractivity contribution in [3.8, 4) is 17.1 Å². The maximum atomic E-state index is 5.51. The quantitative estimate of drug-likeness (QED) is 0.916. The second kappa shape index (κ2) is 6.49. The number of thioether (sulfide) groups is 1. The molecule has 1 aromatic carbocycles. The van der Waals surface area contributed by atoms with E-state index in [9.17, 15) is 0 Å². The van der Waals surface area contributed by atoms with Crippen molar-refractivity contribution in [3.63, 3.8) is 0 Å². The van der Waals surface area contributed by atoms with E-state index < -0.39 is 0 Å². The number of hydrogen-bond acceptors (Lipinski definition) is 6. The first-order chi connectivity index (χ1) is 10.3. The van der Waals surface area contributed by atoms with Gasteiger partial charge in [0.05, 0.1) is 18.6 Å². The minimum Gasteiger partial charge on any atom is -0.496 e. The number of nitrogens with zero attached hydrogens (tertiary/aromatic N) is 2. The zero-order valence-electron chi connectivity index (χ0n) is 12.2. The van der Waals surface area contributed by atoms with Crippen molar-refractivity contribution in [2.45, 2.75) is 18.9 Å². The van der Waals surface area contributed by atoms with Gasteiger partial charge in [0.15, 0.2) is 0 Å². The van der Waals surface area contributed by atoms with Gasteiger partial charge in [-0.05, 0) is 18.7 Å². The zero-order valence-corrected chi connectivity index (χ0v) is 13.0. The van der Waals surface area contributed by atoms with Crippen LogP contribution in [0.25, 0.3) is 11.4 Å². The summed E-state index contributed by atoms with van der Waals surface area (Å²) in [6, 6.07) is 8.13. The van der Waals surface area contributed by atoms with Crippen LogP contribution in [0.15, 0.2) is 28.8 Å². The molecule has 3 rings (SSSR count). The molecule has 5 nitrogen and oxygen atoms in total. The Balaban J connectivity index is 1.86. The Morgan fingerprint density at radius 2 is 2.24 bits per heavy atom. The van der Waals surface area contributed by atoms with Gasteiger partial charge in [-0.1, -0.05) is 24.2 Å². The van der Waals surface area contributed by atoms with Crippen LogP contribution in [0.3, 0.4) is 0 Å². The SMILES string of the molecule is CCNC1CSCC1c1nc(-c2ccccc2OC)no1. The number of methoxy groups -OCH3 is 1. The molecule has 1 aliphatic heterocycles. The van der Waals surface area contributed by atoms with Gasteiger partial charge in [0, 0.05) is 17.5 Å². The van der Waals surface area contributed by atoms with Crippen LogP contribution < -0.4 is 10.1 Å². The fourth-order valence-corrected chi connectivity index (χ4v) is 3.95. The van der Waals surface area contributed by atoms with Crippen LogP contribution in [0.5, 0.6) is 5.75 Å². The molecule has 0 radical (unpaired) electrons. The fraction of sp³-hybridized carbons (Fsp3) is 0.467. The maximum Gasteiger partial charge on any atom is 0.232 e. The lowest BCUT2D eigenvalue weighted by Crippen LogP contribution is -2.34. The number of likely N-dealkylation sites (N-methyl/N-ethyl adjacent to an activating group) is 1. The smallest absolute Gasteiger partial charge is 0.232 e. The summed E-state index contributed by atoms with van der Waals surface area (Å²) in [5.41, 5.74) is 0.862. The lowest BCUT2D eigenvalue weighted by atomic mass is 10.0. The van der Waals surface area contributed by atoms with E-state index in [0.717, 1.165) is 29.4 Å². The largest absolute Gasteiger partial charge is 0.496 e. The van der Waals surface area contributed by atoms with Crippen molar-refractivity contribution in [1.82, 2.24) is 15.5 Å². The van der Waals surface area contributed by atoms with E-state index in [1.807, 2.05) is 36.0 Å². The summed E-state index contributed by atoms with van der Waals surface area (Å²) in [7, 11) is 1.65. The molecule has 1 fully saturated rings. The van der Waals surface area contributed by atoms with E-state index in [-0.39, 0.29) is 5.92 Å². The van der Waals surface area contributed by atoms with Crippen LogP contribution in [0.1, 0.15) is 18.7 Å². The van der Waals surface area contributed by atoms with E-state index >= 15 is 0 Å². The number of ether oxygens (including phenoxy) is 1. The molecule has 112 valence electrons. The van der Waals surface area contributed by atoms with Crippen molar-refractivity contribution in [3.05, 3.63) is 30.2 Å². The van der Waals surface area contributed by atoms with Gasteiger partial charge in [0.2, 0.25) is 11.7 Å². The summed E-state index contributed by atoms with van der Waals surface area (Å²) in [5.74, 6) is 4.46. The Morgan fingerprint density at radius 3 is 3.05 bits per heavy atom. The summed E-state index contributed by atoms with van der Waals surface area (Å²) in [5, 5.41) is 7.62. The topological polar surface area (TPSA) is 60.2 Å². The first kappa shape index (κ1) is 14.4. The predicted octanol–water partition coefficient (Wildman–Crippen LogP) is 2.55. The Labute approximate surface area is 128 Å². The normalized spacial score (nSPS) is 21.6. The lowest BCUT2D eigenvalue weighted by molar-refractivity contribution is 0.340. The molecule has 1 aromatic heterocycles. The third kappa shape index (κ3) is 2.91. The number of para-hydroxylation sites is 1. The molecular weight excluding hydrogens is 286 g/mol. The Morgan fingerprint density at radius 1 is 1.38 bits per heavy atom. The van der Waals surface area contributed by atoms with E-state index in [1.165, 1.54) is 0 Å². The highest BCUT2D eigenvalue weighted by molar-refractivity contribution is 7.99. The highest BCUT2D eigenvalue weighted by Gasteiger charge is 2.33. The molecule has 1 saturated heterocycles. The van der Waals surface area contributed by atoms with Crippen molar-refractivity contribution >= 4 is 11.8 Å². The Bertz CT molecular complexity index is 602. The summed E-state index contributed by atoms with van der Waals surface area (Å²) < 4.78 is 10.9. The highest BCUT2D eigenvalue weighted by Crippen LogP contribution is 2.34. The first-order valence-corrected chi connectivity index (χ1v) is 8.27. The molecule has 0 aliphatic carbocycles. The van der Waals surface area contributed by atoms with Crippen LogP contribution in [0.2, 0.25) is 0 Å². The molecule has 2 unspecified atom stereocenters. The molecule has 2 atom stereocenters. The molecule has 2 aromatic rings. The van der Waals surface area contributed by atoms with Crippen molar-refractivity contribution in [1.29, 1.82) is 0 Å². The summed E-state index contributed by atoms with van der Waals surface area (Å²) in [6.45, 7) is 3.07. The lowest BCUT2D eigenvalue weighted by Gasteiger charge is -2.15. The molecule has 0 saturated carbocycles. The van der Waals surface area contributed by atoms with Gasteiger partial charge < -0.3 is 14.6 Å². The molecule has 0 spiro atoms. The van der Waals surface area contributed by atoms with Gasteiger partial charge in [-0.15, -0.1) is 0 Å². The molecule has 0 amide bonds. The molecular formula is C15H19N3O2S. The summed E-state index contributed by atoms with van der Waals surface area (Å²) >= 11 is 1.92. The Kier molecular flexibility index (Phi) is 4.45. The van der Waals surface area contributed by atoms with Gasteiger partial charge >= 0.3 is 0 Å². The predicted molar refractivity (Wildman–Crippen MR) is 83.8 cm³/mol. The summed E-state index contributed by atoms with van der Waals surface area (Å²) in [6.07, 6.45) is 0. The van der Waals surface area contributed by atoms with E-state index in [0.29, 0.717) is 17.8 Å². The van der Waals surface area contributed by atoms with Crippen LogP contribution in [-0.4, -0.2) is 41.3 Å². The molecule has 21 heavy (non-hydrogen) atoms. The molecule has 0 bridgehead atoms. The molecule has 6 heteroatoms. The second-order valence-corrected chi connectivity index (χ2v) is 6.04. The number of rotatable bonds is 5. The number of benzene rings is 1. The van der Waals surface area contributed by atoms with E-state index in [2.05, 4.69) is 22.4 Å². The standard InChI is InChI=1S/C15H19N3O2S/c1-3-16-12-9-21-8-11(12)15-17-14(18-20-15)10-6-4-5-7-13(10)19-2/h4-7,11-12,16H,3,8-9H2,1-2H3. The molecule has 2 heterocycles. The minimum absolute atomic E-state index is 0.283. The first-order valence-electron chi connectivity index (χ1n) is 7.11. The van der Waals surface area contributed by atoms with Crippen LogP contribution in [-0.2, 0) is 0 Å². The van der Waals surface area contributed by atoms with Gasteiger partial charge in [-0.2, -0.15) is 16.7 Å². The average molecular weight is 305 g/mol. The van der Waals surface area contributed by atoms with Gasteiger partial charge in [-0.25, -0.2) is 0 Å². The van der Waals surface area contributed by atoms with Crippen molar-refractivity contribution in [2.75, 3.05) is 25.2 Å². The van der Waals surface area contributed by atoms with Crippen LogP contribution in [0.4, 0.5) is 0 Å². The van der Waals surface area contributed by atoms with Crippen LogP contribution in [0, 0.1) is 0 Å². The van der Waals surface area contributed by atoms with Gasteiger partial charge in [-0.3, -0.25) is 0 Å². The third-order valence-electron chi connectivity index (χ3n) is 3.65. The van der Waals surface area contributed by atoms with E-state index in [4.69, 9.17) is 9.26 Å².